The summed E-state index contributed by atoms with van der Waals surface area (Å²) in [6, 6.07) is 6.64. The molecule has 2 N–H and O–H groups in total. The number of rotatable bonds is 4. The predicted molar refractivity (Wildman–Crippen MR) is 71.2 cm³/mol. The molecule has 0 aliphatic carbocycles. The minimum atomic E-state index is -0.832. The summed E-state index contributed by atoms with van der Waals surface area (Å²) >= 11 is 1.38. The van der Waals surface area contributed by atoms with Crippen LogP contribution in [-0.2, 0) is 9.59 Å². The summed E-state index contributed by atoms with van der Waals surface area (Å²) < 4.78 is 0. The number of likely N-dealkylation sites (tertiary alicyclic amines) is 1. The first-order valence-electron chi connectivity index (χ1n) is 5.98. The Morgan fingerprint density at radius 3 is 2.58 bits per heavy atom. The van der Waals surface area contributed by atoms with E-state index in [-0.39, 0.29) is 17.4 Å². The number of aliphatic carboxylic acids is 1. The third-order valence-electron chi connectivity index (χ3n) is 3.09. The van der Waals surface area contributed by atoms with E-state index in [0.29, 0.717) is 19.5 Å². The van der Waals surface area contributed by atoms with Crippen LogP contribution in [0.4, 0.5) is 0 Å². The van der Waals surface area contributed by atoms with E-state index < -0.39 is 11.9 Å². The van der Waals surface area contributed by atoms with Gasteiger partial charge >= 0.3 is 5.97 Å². The van der Waals surface area contributed by atoms with Crippen LogP contribution in [0, 0.1) is 5.92 Å². The van der Waals surface area contributed by atoms with Crippen LogP contribution in [0.25, 0.3) is 0 Å². The van der Waals surface area contributed by atoms with Crippen LogP contribution in [0.2, 0.25) is 0 Å². The van der Waals surface area contributed by atoms with E-state index in [0.717, 1.165) is 4.90 Å². The normalized spacial score (nSPS) is 18.5. The lowest BCUT2D eigenvalue weighted by molar-refractivity contribution is -0.141. The second kappa shape index (κ2) is 5.97. The lowest BCUT2D eigenvalue weighted by atomic mass is 10.1. The molecular formula is C13H15NO4S. The highest BCUT2D eigenvalue weighted by Crippen LogP contribution is 2.23. The molecule has 2 rings (SSSR count). The highest BCUT2D eigenvalue weighted by Gasteiger charge is 2.30. The summed E-state index contributed by atoms with van der Waals surface area (Å²) in [6.45, 7) is 0.830. The smallest absolute Gasteiger partial charge is 0.308 e. The maximum Gasteiger partial charge on any atom is 0.308 e. The number of phenolic OH excluding ortho intramolecular Hbond substituents is 1. The van der Waals surface area contributed by atoms with Gasteiger partial charge in [-0.1, -0.05) is 0 Å². The number of amides is 1. The number of carboxylic acids is 1. The van der Waals surface area contributed by atoms with Crippen molar-refractivity contribution >= 4 is 23.6 Å². The predicted octanol–water partition coefficient (Wildman–Crippen LogP) is 1.42. The van der Waals surface area contributed by atoms with Gasteiger partial charge in [0.1, 0.15) is 5.75 Å². The van der Waals surface area contributed by atoms with Crippen LogP contribution in [0.1, 0.15) is 6.42 Å². The molecule has 0 saturated carbocycles. The molecule has 0 radical (unpaired) electrons. The Bertz CT molecular complexity index is 474. The second-order valence-electron chi connectivity index (χ2n) is 4.45. The molecule has 1 fully saturated rings. The van der Waals surface area contributed by atoms with Gasteiger partial charge in [-0.15, -0.1) is 11.8 Å². The van der Waals surface area contributed by atoms with Crippen molar-refractivity contribution in [1.29, 1.82) is 0 Å². The first-order chi connectivity index (χ1) is 9.06. The molecule has 19 heavy (non-hydrogen) atoms. The number of carbonyl (C=O) groups is 2. The van der Waals surface area contributed by atoms with E-state index in [1.807, 2.05) is 0 Å². The third kappa shape index (κ3) is 3.64. The van der Waals surface area contributed by atoms with Crippen molar-refractivity contribution in [3.63, 3.8) is 0 Å². The lowest BCUT2D eigenvalue weighted by Gasteiger charge is -2.15. The molecule has 6 heteroatoms. The third-order valence-corrected chi connectivity index (χ3v) is 4.09. The van der Waals surface area contributed by atoms with Crippen LogP contribution in [0.3, 0.4) is 0 Å². The van der Waals surface area contributed by atoms with Crippen molar-refractivity contribution < 1.29 is 19.8 Å². The van der Waals surface area contributed by atoms with Gasteiger partial charge in [-0.2, -0.15) is 0 Å². The van der Waals surface area contributed by atoms with Gasteiger partial charge in [-0.05, 0) is 30.7 Å². The fraction of sp³-hybridized carbons (Fsp3) is 0.385. The Balaban J connectivity index is 1.82. The molecule has 1 aliphatic rings. The number of carboxylic acid groups (broad SMARTS) is 1. The molecule has 1 aliphatic heterocycles. The number of hydrogen-bond donors (Lipinski definition) is 2. The molecule has 0 spiro atoms. The second-order valence-corrected chi connectivity index (χ2v) is 5.49. The summed E-state index contributed by atoms with van der Waals surface area (Å²) in [4.78, 5) is 25.2. The van der Waals surface area contributed by atoms with Crippen molar-refractivity contribution in [1.82, 2.24) is 4.90 Å². The minimum Gasteiger partial charge on any atom is -0.508 e. The molecule has 0 bridgehead atoms. The number of nitrogens with zero attached hydrogens (tertiary/aromatic N) is 1. The van der Waals surface area contributed by atoms with Gasteiger partial charge in [0.2, 0.25) is 5.91 Å². The maximum absolute atomic E-state index is 11.9. The summed E-state index contributed by atoms with van der Waals surface area (Å²) in [7, 11) is 0. The molecule has 1 amide bonds. The standard InChI is InChI=1S/C13H15NO4S/c15-10-1-3-11(4-2-10)19-8-12(16)14-6-5-9(7-14)13(17)18/h1-4,9,15H,5-8H2,(H,17,18). The van der Waals surface area contributed by atoms with Gasteiger partial charge in [0.25, 0.3) is 0 Å². The van der Waals surface area contributed by atoms with Gasteiger partial charge < -0.3 is 15.1 Å². The van der Waals surface area contributed by atoms with Gasteiger partial charge in [0.15, 0.2) is 0 Å². The number of hydrogen-bond acceptors (Lipinski definition) is 4. The first kappa shape index (κ1) is 13.7. The highest BCUT2D eigenvalue weighted by molar-refractivity contribution is 8.00. The average Bonchev–Trinajstić information content (AvgIpc) is 2.87. The molecule has 0 aromatic heterocycles. The quantitative estimate of drug-likeness (QED) is 0.816. The molecular weight excluding hydrogens is 266 g/mol. The van der Waals surface area contributed by atoms with E-state index >= 15 is 0 Å². The average molecular weight is 281 g/mol. The Morgan fingerprint density at radius 1 is 1.32 bits per heavy atom. The number of phenols is 1. The monoisotopic (exact) mass is 281 g/mol. The van der Waals surface area contributed by atoms with Crippen molar-refractivity contribution in [3.05, 3.63) is 24.3 Å². The molecule has 1 aromatic rings. The van der Waals surface area contributed by atoms with Crippen LogP contribution < -0.4 is 0 Å². The molecule has 1 heterocycles. The fourth-order valence-electron chi connectivity index (χ4n) is 1.97. The Hall–Kier alpha value is -1.69. The number of carbonyl (C=O) groups excluding carboxylic acids is 1. The van der Waals surface area contributed by atoms with Crippen LogP contribution in [-0.4, -0.2) is 45.8 Å². The SMILES string of the molecule is O=C(O)C1CCN(C(=O)CSc2ccc(O)cc2)C1. The fourth-order valence-corrected chi connectivity index (χ4v) is 2.77. The van der Waals surface area contributed by atoms with E-state index in [4.69, 9.17) is 10.2 Å². The summed E-state index contributed by atoms with van der Waals surface area (Å²) in [5, 5.41) is 18.0. The molecule has 102 valence electrons. The van der Waals surface area contributed by atoms with Crippen LogP contribution in [0.5, 0.6) is 5.75 Å². The first-order valence-corrected chi connectivity index (χ1v) is 6.97. The molecule has 5 nitrogen and oxygen atoms in total. The molecule has 1 atom stereocenters. The van der Waals surface area contributed by atoms with E-state index in [1.165, 1.54) is 11.8 Å². The van der Waals surface area contributed by atoms with Gasteiger partial charge in [0.05, 0.1) is 11.7 Å². The zero-order valence-corrected chi connectivity index (χ0v) is 11.1. The Labute approximate surface area is 115 Å². The molecule has 1 unspecified atom stereocenters. The largest absolute Gasteiger partial charge is 0.508 e. The summed E-state index contributed by atoms with van der Waals surface area (Å²) in [5.74, 6) is -0.817. The van der Waals surface area contributed by atoms with Crippen LogP contribution >= 0.6 is 11.8 Å². The topological polar surface area (TPSA) is 77.8 Å². The molecule has 1 aromatic carbocycles. The lowest BCUT2D eigenvalue weighted by Crippen LogP contribution is -2.31. The van der Waals surface area contributed by atoms with E-state index in [1.54, 1.807) is 29.2 Å². The van der Waals surface area contributed by atoms with Gasteiger partial charge in [-0.3, -0.25) is 9.59 Å². The number of aromatic hydroxyl groups is 1. The van der Waals surface area contributed by atoms with Crippen molar-refractivity contribution in [3.8, 4) is 5.75 Å². The van der Waals surface area contributed by atoms with Crippen LogP contribution in [0.15, 0.2) is 29.2 Å². The minimum absolute atomic E-state index is 0.0400. The maximum atomic E-state index is 11.9. The zero-order valence-electron chi connectivity index (χ0n) is 10.3. The summed E-state index contributed by atoms with van der Waals surface area (Å²) in [6.07, 6.45) is 0.533. The van der Waals surface area contributed by atoms with Gasteiger partial charge in [0, 0.05) is 18.0 Å². The van der Waals surface area contributed by atoms with E-state index in [9.17, 15) is 9.59 Å². The molecule has 1 saturated heterocycles. The van der Waals surface area contributed by atoms with Crippen molar-refractivity contribution in [2.45, 2.75) is 11.3 Å². The zero-order chi connectivity index (χ0) is 13.8. The van der Waals surface area contributed by atoms with Gasteiger partial charge in [-0.25, -0.2) is 0 Å². The Kier molecular flexibility index (Phi) is 4.31. The van der Waals surface area contributed by atoms with Crippen molar-refractivity contribution in [2.24, 2.45) is 5.92 Å². The Morgan fingerprint density at radius 2 is 2.00 bits per heavy atom. The van der Waals surface area contributed by atoms with E-state index in [2.05, 4.69) is 0 Å². The highest BCUT2D eigenvalue weighted by atomic mass is 32.2. The van der Waals surface area contributed by atoms with Crippen molar-refractivity contribution in [2.75, 3.05) is 18.8 Å². The number of thioether (sulfide) groups is 1. The summed E-state index contributed by atoms with van der Waals surface area (Å²) in [5.41, 5.74) is 0. The number of benzene rings is 1.